The van der Waals surface area contributed by atoms with Crippen LogP contribution >= 0.6 is 0 Å². The van der Waals surface area contributed by atoms with Crippen LogP contribution in [0.5, 0.6) is 0 Å². The van der Waals surface area contributed by atoms with Gasteiger partial charge in [0.25, 0.3) is 0 Å². The van der Waals surface area contributed by atoms with Gasteiger partial charge in [0.05, 0.1) is 6.26 Å². The molecule has 1 atom stereocenters. The highest BCUT2D eigenvalue weighted by molar-refractivity contribution is 5.58. The van der Waals surface area contributed by atoms with Crippen molar-refractivity contribution >= 4 is 5.69 Å². The van der Waals surface area contributed by atoms with Crippen LogP contribution in [0.15, 0.2) is 36.6 Å². The summed E-state index contributed by atoms with van der Waals surface area (Å²) in [5.74, 6) is 0. The summed E-state index contributed by atoms with van der Waals surface area (Å²) in [6, 6.07) is 8.64. The van der Waals surface area contributed by atoms with Gasteiger partial charge in [-0.3, -0.25) is 0 Å². The van der Waals surface area contributed by atoms with E-state index in [0.29, 0.717) is 0 Å². The Hall–Kier alpha value is -1.44. The number of hydrogen-bond donors (Lipinski definition) is 0. The molecule has 0 bridgehead atoms. The molecule has 2 aliphatic heterocycles. The lowest BCUT2D eigenvalue weighted by Gasteiger charge is -2.31. The van der Waals surface area contributed by atoms with Crippen LogP contribution in [0.2, 0.25) is 0 Å². The maximum Gasteiger partial charge on any atom is 0.171 e. The molecule has 2 heterocycles. The van der Waals surface area contributed by atoms with Crippen molar-refractivity contribution in [2.24, 2.45) is 0 Å². The third kappa shape index (κ3) is 1.50. The Morgan fingerprint density at radius 3 is 3.07 bits per heavy atom. The van der Waals surface area contributed by atoms with Crippen LogP contribution in [-0.2, 0) is 11.2 Å². The van der Waals surface area contributed by atoms with E-state index in [1.165, 1.54) is 11.3 Å². The number of benzene rings is 1. The van der Waals surface area contributed by atoms with Gasteiger partial charge in [-0.15, -0.1) is 0 Å². The van der Waals surface area contributed by atoms with E-state index in [4.69, 9.17) is 4.74 Å². The summed E-state index contributed by atoms with van der Waals surface area (Å²) in [6.45, 7) is 1.10. The first-order valence-electron chi connectivity index (χ1n) is 5.60. The topological polar surface area (TPSA) is 12.5 Å². The predicted octanol–water partition coefficient (Wildman–Crippen LogP) is 2.70. The lowest BCUT2D eigenvalue weighted by molar-refractivity contribution is 0.121. The van der Waals surface area contributed by atoms with Crippen molar-refractivity contribution in [3.8, 4) is 0 Å². The van der Waals surface area contributed by atoms with E-state index in [1.54, 1.807) is 0 Å². The van der Waals surface area contributed by atoms with Gasteiger partial charge in [-0.05, 0) is 30.5 Å². The van der Waals surface area contributed by atoms with E-state index < -0.39 is 0 Å². The second-order valence-corrected chi connectivity index (χ2v) is 4.11. The monoisotopic (exact) mass is 201 g/mol. The highest BCUT2D eigenvalue weighted by atomic mass is 16.5. The van der Waals surface area contributed by atoms with Crippen molar-refractivity contribution < 1.29 is 4.74 Å². The number of para-hydroxylation sites is 1. The molecule has 0 fully saturated rings. The normalized spacial score (nSPS) is 23.7. The summed E-state index contributed by atoms with van der Waals surface area (Å²) in [7, 11) is 0. The number of anilines is 1. The van der Waals surface area contributed by atoms with E-state index in [1.807, 2.05) is 6.26 Å². The summed E-state index contributed by atoms with van der Waals surface area (Å²) >= 11 is 0. The van der Waals surface area contributed by atoms with Crippen LogP contribution in [0.3, 0.4) is 0 Å². The first-order chi connectivity index (χ1) is 7.45. The summed E-state index contributed by atoms with van der Waals surface area (Å²) in [4.78, 5) is 2.39. The van der Waals surface area contributed by atoms with E-state index in [2.05, 4.69) is 35.2 Å². The molecule has 0 amide bonds. The number of rotatable bonds is 1. The minimum absolute atomic E-state index is 0.249. The fourth-order valence-corrected chi connectivity index (χ4v) is 2.41. The minimum Gasteiger partial charge on any atom is -0.478 e. The predicted molar refractivity (Wildman–Crippen MR) is 60.7 cm³/mol. The summed E-state index contributed by atoms with van der Waals surface area (Å²) in [5, 5.41) is 0. The zero-order valence-electron chi connectivity index (χ0n) is 8.73. The van der Waals surface area contributed by atoms with Gasteiger partial charge in [0.15, 0.2) is 6.23 Å². The molecular formula is C13H15NO. The van der Waals surface area contributed by atoms with Gasteiger partial charge < -0.3 is 9.64 Å². The zero-order chi connectivity index (χ0) is 10.1. The highest BCUT2D eigenvalue weighted by Crippen LogP contribution is 2.31. The van der Waals surface area contributed by atoms with E-state index in [0.717, 1.165) is 25.8 Å². The van der Waals surface area contributed by atoms with Crippen molar-refractivity contribution in [3.05, 3.63) is 42.2 Å². The third-order valence-corrected chi connectivity index (χ3v) is 3.18. The average Bonchev–Trinajstić information content (AvgIpc) is 2.74. The van der Waals surface area contributed by atoms with Crippen LogP contribution < -0.4 is 4.90 Å². The Bertz CT molecular complexity index is 386. The van der Waals surface area contributed by atoms with Crippen molar-refractivity contribution in [2.75, 3.05) is 11.4 Å². The smallest absolute Gasteiger partial charge is 0.171 e. The van der Waals surface area contributed by atoms with Gasteiger partial charge >= 0.3 is 0 Å². The Labute approximate surface area is 90.2 Å². The molecule has 78 valence electrons. The molecule has 1 aromatic carbocycles. The first-order valence-corrected chi connectivity index (χ1v) is 5.60. The fraction of sp³-hybridized carbons (Fsp3) is 0.385. The molecule has 2 heteroatoms. The van der Waals surface area contributed by atoms with E-state index >= 15 is 0 Å². The Morgan fingerprint density at radius 1 is 1.27 bits per heavy atom. The molecule has 1 aromatic rings. The van der Waals surface area contributed by atoms with Crippen LogP contribution in [0.4, 0.5) is 5.69 Å². The Balaban J connectivity index is 1.87. The van der Waals surface area contributed by atoms with Crippen molar-refractivity contribution in [3.63, 3.8) is 0 Å². The van der Waals surface area contributed by atoms with E-state index in [-0.39, 0.29) is 6.23 Å². The molecule has 15 heavy (non-hydrogen) atoms. The molecule has 2 nitrogen and oxygen atoms in total. The molecule has 1 unspecified atom stereocenters. The van der Waals surface area contributed by atoms with Crippen molar-refractivity contribution in [1.29, 1.82) is 0 Å². The maximum atomic E-state index is 5.66. The van der Waals surface area contributed by atoms with Gasteiger partial charge in [0.2, 0.25) is 0 Å². The van der Waals surface area contributed by atoms with Crippen LogP contribution in [0.25, 0.3) is 0 Å². The van der Waals surface area contributed by atoms with Gasteiger partial charge in [0, 0.05) is 18.7 Å². The van der Waals surface area contributed by atoms with Gasteiger partial charge in [-0.2, -0.15) is 0 Å². The molecule has 2 aliphatic rings. The second kappa shape index (κ2) is 3.61. The molecule has 0 saturated carbocycles. The SMILES string of the molecule is C1=COC(N2CCc3ccccc32)CC1. The molecule has 3 rings (SSSR count). The number of ether oxygens (including phenoxy) is 1. The van der Waals surface area contributed by atoms with Gasteiger partial charge in [-0.25, -0.2) is 0 Å². The zero-order valence-corrected chi connectivity index (χ0v) is 8.73. The number of allylic oxidation sites excluding steroid dienone is 1. The van der Waals surface area contributed by atoms with Crippen LogP contribution in [0.1, 0.15) is 18.4 Å². The summed E-state index contributed by atoms with van der Waals surface area (Å²) < 4.78 is 5.66. The van der Waals surface area contributed by atoms with E-state index in [9.17, 15) is 0 Å². The third-order valence-electron chi connectivity index (χ3n) is 3.18. The largest absolute Gasteiger partial charge is 0.478 e. The average molecular weight is 201 g/mol. The molecule has 0 radical (unpaired) electrons. The molecule has 0 saturated heterocycles. The molecule has 0 aliphatic carbocycles. The highest BCUT2D eigenvalue weighted by Gasteiger charge is 2.26. The van der Waals surface area contributed by atoms with Crippen LogP contribution in [0, 0.1) is 0 Å². The molecule has 0 aromatic heterocycles. The summed E-state index contributed by atoms with van der Waals surface area (Å²) in [5.41, 5.74) is 2.81. The lowest BCUT2D eigenvalue weighted by atomic mass is 10.2. The summed E-state index contributed by atoms with van der Waals surface area (Å²) in [6.07, 6.45) is 7.57. The quantitative estimate of drug-likeness (QED) is 0.692. The lowest BCUT2D eigenvalue weighted by Crippen LogP contribution is -2.35. The first kappa shape index (κ1) is 8.84. The number of hydrogen-bond acceptors (Lipinski definition) is 2. The fourth-order valence-electron chi connectivity index (χ4n) is 2.41. The maximum absolute atomic E-state index is 5.66. The second-order valence-electron chi connectivity index (χ2n) is 4.11. The van der Waals surface area contributed by atoms with Crippen LogP contribution in [-0.4, -0.2) is 12.8 Å². The Kier molecular flexibility index (Phi) is 2.13. The van der Waals surface area contributed by atoms with Crippen molar-refractivity contribution in [1.82, 2.24) is 0 Å². The van der Waals surface area contributed by atoms with Crippen molar-refractivity contribution in [2.45, 2.75) is 25.5 Å². The Morgan fingerprint density at radius 2 is 2.20 bits per heavy atom. The van der Waals surface area contributed by atoms with Gasteiger partial charge in [-0.1, -0.05) is 18.2 Å². The number of nitrogens with zero attached hydrogens (tertiary/aromatic N) is 1. The van der Waals surface area contributed by atoms with Gasteiger partial charge in [0.1, 0.15) is 0 Å². The molecular weight excluding hydrogens is 186 g/mol. The number of fused-ring (bicyclic) bond motifs is 1. The molecule has 0 N–H and O–H groups in total. The molecule has 0 spiro atoms. The minimum atomic E-state index is 0.249. The standard InChI is InChI=1S/C13H15NO/c1-2-6-12-11(5-1)8-9-14(12)13-7-3-4-10-15-13/h1-2,4-6,10,13H,3,7-9H2.